The Bertz CT molecular complexity index is 880. The highest BCUT2D eigenvalue weighted by molar-refractivity contribution is 7.11. The number of hydrogen-bond acceptors (Lipinski definition) is 4. The number of rotatable bonds is 10. The van der Waals surface area contributed by atoms with Crippen LogP contribution in [0.2, 0.25) is 0 Å². The molecule has 1 aromatic heterocycles. The molecule has 1 heterocycles. The number of likely N-dealkylation sites (N-methyl/N-ethyl adjacent to an activating group) is 1. The van der Waals surface area contributed by atoms with E-state index in [2.05, 4.69) is 78.7 Å². The molecule has 0 unspecified atom stereocenters. The van der Waals surface area contributed by atoms with Crippen LogP contribution in [0.1, 0.15) is 29.9 Å². The predicted octanol–water partition coefficient (Wildman–Crippen LogP) is 6.07. The van der Waals surface area contributed by atoms with E-state index in [1.54, 1.807) is 18.4 Å². The molecule has 0 saturated heterocycles. The minimum atomic E-state index is 0.709. The lowest BCUT2D eigenvalue weighted by atomic mass is 10.0. The summed E-state index contributed by atoms with van der Waals surface area (Å²) in [4.78, 5) is 3.61. The van der Waals surface area contributed by atoms with Crippen molar-refractivity contribution in [2.24, 2.45) is 0 Å². The molecule has 0 saturated carbocycles. The van der Waals surface area contributed by atoms with Gasteiger partial charge >= 0.3 is 0 Å². The van der Waals surface area contributed by atoms with E-state index in [9.17, 15) is 0 Å². The molecule has 0 radical (unpaired) electrons. The molecule has 4 heteroatoms. The van der Waals surface area contributed by atoms with Crippen LogP contribution in [0.4, 0.5) is 0 Å². The van der Waals surface area contributed by atoms with Crippen LogP contribution in [0.15, 0.2) is 66.0 Å². The predicted molar refractivity (Wildman–Crippen MR) is 124 cm³/mol. The molecule has 3 aromatic rings. The molecule has 3 rings (SSSR count). The molecule has 0 aliphatic carbocycles. The van der Waals surface area contributed by atoms with Gasteiger partial charge in [0, 0.05) is 11.4 Å². The normalized spacial score (nSPS) is 11.7. The zero-order valence-corrected chi connectivity index (χ0v) is 18.2. The van der Waals surface area contributed by atoms with Gasteiger partial charge < -0.3 is 14.4 Å². The van der Waals surface area contributed by atoms with Gasteiger partial charge in [0.05, 0.1) is 7.11 Å². The average molecular weight is 408 g/mol. The highest BCUT2D eigenvalue weighted by atomic mass is 32.1. The van der Waals surface area contributed by atoms with Gasteiger partial charge in [-0.1, -0.05) is 44.2 Å². The number of hydrogen-bond donors (Lipinski definition) is 0. The summed E-state index contributed by atoms with van der Waals surface area (Å²) in [5, 5.41) is 2.11. The van der Waals surface area contributed by atoms with Crippen molar-refractivity contribution in [3.05, 3.63) is 82.0 Å². The van der Waals surface area contributed by atoms with Crippen LogP contribution in [0.25, 0.3) is 11.6 Å². The van der Waals surface area contributed by atoms with Crippen LogP contribution >= 0.6 is 11.3 Å². The van der Waals surface area contributed by atoms with Crippen LogP contribution in [-0.4, -0.2) is 38.3 Å². The second kappa shape index (κ2) is 10.8. The summed E-state index contributed by atoms with van der Waals surface area (Å²) in [5.41, 5.74) is 3.54. The fourth-order valence-corrected chi connectivity index (χ4v) is 3.92. The summed E-state index contributed by atoms with van der Waals surface area (Å²) in [5.74, 6) is 1.78. The Labute approximate surface area is 178 Å². The lowest BCUT2D eigenvalue weighted by Crippen LogP contribution is -2.27. The highest BCUT2D eigenvalue weighted by Crippen LogP contribution is 2.31. The van der Waals surface area contributed by atoms with E-state index in [-0.39, 0.29) is 0 Å². The van der Waals surface area contributed by atoms with Crippen molar-refractivity contribution in [2.75, 3.05) is 33.4 Å². The fraction of sp³-hybridized carbons (Fsp3) is 0.280. The van der Waals surface area contributed by atoms with Gasteiger partial charge in [-0.2, -0.15) is 0 Å². The van der Waals surface area contributed by atoms with Crippen molar-refractivity contribution in [2.45, 2.75) is 13.8 Å². The molecule has 29 heavy (non-hydrogen) atoms. The van der Waals surface area contributed by atoms with Crippen molar-refractivity contribution in [1.82, 2.24) is 4.90 Å². The van der Waals surface area contributed by atoms with Gasteiger partial charge in [-0.05, 0) is 71.6 Å². The van der Waals surface area contributed by atoms with Gasteiger partial charge in [0.15, 0.2) is 0 Å². The quantitative estimate of drug-likeness (QED) is 0.381. The Morgan fingerprint density at radius 3 is 2.21 bits per heavy atom. The number of benzene rings is 2. The van der Waals surface area contributed by atoms with Crippen molar-refractivity contribution in [3.63, 3.8) is 0 Å². The first-order valence-electron chi connectivity index (χ1n) is 10.1. The third kappa shape index (κ3) is 5.96. The van der Waals surface area contributed by atoms with Gasteiger partial charge in [-0.3, -0.25) is 0 Å². The van der Waals surface area contributed by atoms with E-state index in [1.807, 2.05) is 12.1 Å². The van der Waals surface area contributed by atoms with Crippen LogP contribution in [0.5, 0.6) is 11.5 Å². The monoisotopic (exact) mass is 407 g/mol. The number of thiophene rings is 1. The summed E-state index contributed by atoms with van der Waals surface area (Å²) < 4.78 is 11.2. The second-order valence-corrected chi connectivity index (χ2v) is 7.66. The molecule has 2 aromatic carbocycles. The summed E-state index contributed by atoms with van der Waals surface area (Å²) in [7, 11) is 1.69. The third-order valence-corrected chi connectivity index (χ3v) is 5.85. The van der Waals surface area contributed by atoms with E-state index >= 15 is 0 Å². The third-order valence-electron chi connectivity index (χ3n) is 4.95. The van der Waals surface area contributed by atoms with Gasteiger partial charge in [0.25, 0.3) is 0 Å². The largest absolute Gasteiger partial charge is 0.497 e. The first kappa shape index (κ1) is 21.2. The SMILES string of the molecule is CCN(CC)CCOc1ccc(/C(=C/c2ccc(OC)cc2)c2cccs2)cc1. The van der Waals surface area contributed by atoms with Crippen molar-refractivity contribution in [3.8, 4) is 11.5 Å². The molecular weight excluding hydrogens is 378 g/mol. The maximum Gasteiger partial charge on any atom is 0.119 e. The second-order valence-electron chi connectivity index (χ2n) is 6.71. The maximum atomic E-state index is 5.94. The summed E-state index contributed by atoms with van der Waals surface area (Å²) >= 11 is 1.75. The molecule has 0 spiro atoms. The van der Waals surface area contributed by atoms with Crippen LogP contribution in [0, 0.1) is 0 Å². The van der Waals surface area contributed by atoms with Crippen LogP contribution < -0.4 is 9.47 Å². The average Bonchev–Trinajstić information content (AvgIpc) is 3.31. The smallest absolute Gasteiger partial charge is 0.119 e. The number of nitrogens with zero attached hydrogens (tertiary/aromatic N) is 1. The highest BCUT2D eigenvalue weighted by Gasteiger charge is 2.08. The molecule has 0 fully saturated rings. The van der Waals surface area contributed by atoms with Crippen LogP contribution in [0.3, 0.4) is 0 Å². The zero-order chi connectivity index (χ0) is 20.5. The minimum absolute atomic E-state index is 0.709. The zero-order valence-electron chi connectivity index (χ0n) is 17.4. The van der Waals surface area contributed by atoms with Crippen molar-refractivity contribution in [1.29, 1.82) is 0 Å². The summed E-state index contributed by atoms with van der Waals surface area (Å²) in [6, 6.07) is 20.8. The first-order valence-corrected chi connectivity index (χ1v) is 11.0. The van der Waals surface area contributed by atoms with Gasteiger partial charge in [0.1, 0.15) is 18.1 Å². The number of ether oxygens (including phenoxy) is 2. The summed E-state index contributed by atoms with van der Waals surface area (Å²) in [6.45, 7) is 8.13. The van der Waals surface area contributed by atoms with Gasteiger partial charge in [-0.15, -0.1) is 11.3 Å². The molecule has 0 bridgehead atoms. The Balaban J connectivity index is 1.77. The standard InChI is InChI=1S/C25H29NO2S/c1-4-26(5-2)16-17-28-23-14-10-21(11-15-23)24(25-7-6-18-29-25)19-20-8-12-22(27-3)13-9-20/h6-15,18-19H,4-5,16-17H2,1-3H3/b24-19-. The molecule has 0 aliphatic rings. The van der Waals surface area contributed by atoms with E-state index in [1.165, 1.54) is 16.0 Å². The fourth-order valence-electron chi connectivity index (χ4n) is 3.16. The molecule has 0 amide bonds. The molecular formula is C25H29NO2S. The van der Waals surface area contributed by atoms with Crippen molar-refractivity contribution < 1.29 is 9.47 Å². The topological polar surface area (TPSA) is 21.7 Å². The van der Waals surface area contributed by atoms with E-state index in [4.69, 9.17) is 9.47 Å². The van der Waals surface area contributed by atoms with E-state index < -0.39 is 0 Å². The maximum absolute atomic E-state index is 5.94. The molecule has 0 aliphatic heterocycles. The minimum Gasteiger partial charge on any atom is -0.497 e. The van der Waals surface area contributed by atoms with Crippen molar-refractivity contribution >= 4 is 23.0 Å². The Morgan fingerprint density at radius 2 is 1.62 bits per heavy atom. The Kier molecular flexibility index (Phi) is 7.91. The molecule has 152 valence electrons. The van der Waals surface area contributed by atoms with Crippen LogP contribution in [-0.2, 0) is 0 Å². The molecule has 0 atom stereocenters. The Morgan fingerprint density at radius 1 is 0.931 bits per heavy atom. The molecule has 3 nitrogen and oxygen atoms in total. The van der Waals surface area contributed by atoms with Gasteiger partial charge in [-0.25, -0.2) is 0 Å². The first-order chi connectivity index (χ1) is 14.2. The number of methoxy groups -OCH3 is 1. The lowest BCUT2D eigenvalue weighted by Gasteiger charge is -2.18. The van der Waals surface area contributed by atoms with Gasteiger partial charge in [0.2, 0.25) is 0 Å². The van der Waals surface area contributed by atoms with E-state index in [0.29, 0.717) is 6.61 Å². The summed E-state index contributed by atoms with van der Waals surface area (Å²) in [6.07, 6.45) is 2.22. The lowest BCUT2D eigenvalue weighted by molar-refractivity contribution is 0.223. The Hall–Kier alpha value is -2.56. The van der Waals surface area contributed by atoms with E-state index in [0.717, 1.165) is 36.7 Å². The molecule has 0 N–H and O–H groups in total.